The minimum Gasteiger partial charge on any atom is -0.462 e. The molecule has 0 amide bonds. The van der Waals surface area contributed by atoms with Crippen LogP contribution in [0.25, 0.3) is 0 Å². The monoisotopic (exact) mass is 294 g/mol. The molecule has 1 fully saturated rings. The average Bonchev–Trinajstić information content (AvgIpc) is 2.58. The summed E-state index contributed by atoms with van der Waals surface area (Å²) in [7, 11) is -0.801. The number of ether oxygens (including phenoxy) is 1. The number of halogens is 1. The first-order chi connectivity index (χ1) is 9.68. The molecule has 0 N–H and O–H groups in total. The zero-order valence-corrected chi connectivity index (χ0v) is 13.0. The fraction of sp³-hybridized carbons (Fsp3) is 0.533. The van der Waals surface area contributed by atoms with Crippen LogP contribution < -0.4 is 5.46 Å². The van der Waals surface area contributed by atoms with Gasteiger partial charge in [-0.05, 0) is 58.3 Å². The highest BCUT2D eigenvalue weighted by atomic mass is 19.1. The lowest BCUT2D eigenvalue weighted by Gasteiger charge is -2.32. The van der Waals surface area contributed by atoms with Crippen molar-refractivity contribution >= 4 is 18.6 Å². The molecule has 2 rings (SSSR count). The minimum atomic E-state index is -0.801. The van der Waals surface area contributed by atoms with Gasteiger partial charge in [0.15, 0.2) is 0 Å². The molecule has 0 bridgehead atoms. The van der Waals surface area contributed by atoms with Crippen LogP contribution in [-0.4, -0.2) is 30.9 Å². The highest BCUT2D eigenvalue weighted by molar-refractivity contribution is 6.63. The van der Waals surface area contributed by atoms with Crippen molar-refractivity contribution in [3.63, 3.8) is 0 Å². The molecule has 0 atom stereocenters. The Morgan fingerprint density at radius 3 is 2.33 bits per heavy atom. The molecule has 1 aliphatic heterocycles. The fourth-order valence-corrected chi connectivity index (χ4v) is 2.09. The van der Waals surface area contributed by atoms with E-state index in [-0.39, 0.29) is 12.2 Å². The number of rotatable bonds is 3. The third-order valence-corrected chi connectivity index (χ3v) is 4.02. The number of carbonyl (C=O) groups excluding carboxylic acids is 1. The van der Waals surface area contributed by atoms with Gasteiger partial charge in [0.25, 0.3) is 0 Å². The molecule has 0 unspecified atom stereocenters. The van der Waals surface area contributed by atoms with Crippen molar-refractivity contribution in [1.29, 1.82) is 0 Å². The molecule has 0 spiro atoms. The summed E-state index contributed by atoms with van der Waals surface area (Å²) in [5.74, 6) is -0.963. The van der Waals surface area contributed by atoms with E-state index >= 15 is 0 Å². The highest BCUT2D eigenvalue weighted by Crippen LogP contribution is 2.36. The van der Waals surface area contributed by atoms with Crippen LogP contribution >= 0.6 is 0 Å². The second-order valence-electron chi connectivity index (χ2n) is 6.04. The summed E-state index contributed by atoms with van der Waals surface area (Å²) in [6, 6.07) is 3.88. The van der Waals surface area contributed by atoms with Crippen LogP contribution in [0, 0.1) is 5.82 Å². The molecule has 0 saturated carbocycles. The van der Waals surface area contributed by atoms with E-state index in [4.69, 9.17) is 14.0 Å². The van der Waals surface area contributed by atoms with Gasteiger partial charge in [-0.15, -0.1) is 0 Å². The van der Waals surface area contributed by atoms with Crippen molar-refractivity contribution in [2.45, 2.75) is 45.8 Å². The van der Waals surface area contributed by atoms with Gasteiger partial charge >= 0.3 is 13.1 Å². The van der Waals surface area contributed by atoms with Gasteiger partial charge in [0.2, 0.25) is 0 Å². The van der Waals surface area contributed by atoms with Gasteiger partial charge in [0.1, 0.15) is 5.82 Å². The Bertz CT molecular complexity index is 541. The number of esters is 1. The van der Waals surface area contributed by atoms with Crippen molar-refractivity contribution < 1.29 is 23.2 Å². The zero-order valence-electron chi connectivity index (χ0n) is 13.0. The molecule has 1 aliphatic rings. The van der Waals surface area contributed by atoms with E-state index in [2.05, 4.69) is 0 Å². The van der Waals surface area contributed by atoms with Crippen LogP contribution in [0.4, 0.5) is 4.39 Å². The van der Waals surface area contributed by atoms with Gasteiger partial charge in [-0.2, -0.15) is 0 Å². The summed E-state index contributed by atoms with van der Waals surface area (Å²) in [6.45, 7) is 9.56. The lowest BCUT2D eigenvalue weighted by Crippen LogP contribution is -2.41. The average molecular weight is 294 g/mol. The molecule has 0 aliphatic carbocycles. The van der Waals surface area contributed by atoms with Crippen LogP contribution in [0.2, 0.25) is 0 Å². The molecule has 1 aromatic carbocycles. The highest BCUT2D eigenvalue weighted by Gasteiger charge is 2.52. The Hall–Kier alpha value is -1.40. The Morgan fingerprint density at radius 1 is 1.24 bits per heavy atom. The largest absolute Gasteiger partial charge is 0.495 e. The van der Waals surface area contributed by atoms with Crippen LogP contribution in [0.15, 0.2) is 18.2 Å². The first-order valence-corrected chi connectivity index (χ1v) is 7.00. The molecule has 0 aromatic heterocycles. The molecule has 21 heavy (non-hydrogen) atoms. The van der Waals surface area contributed by atoms with Gasteiger partial charge < -0.3 is 14.0 Å². The van der Waals surface area contributed by atoms with E-state index < -0.39 is 30.1 Å². The zero-order chi connectivity index (χ0) is 15.8. The van der Waals surface area contributed by atoms with Crippen LogP contribution in [0.3, 0.4) is 0 Å². The summed E-state index contributed by atoms with van der Waals surface area (Å²) in [5, 5.41) is 0. The molecule has 114 valence electrons. The van der Waals surface area contributed by atoms with Gasteiger partial charge in [0.05, 0.1) is 23.4 Å². The Balaban J connectivity index is 2.40. The van der Waals surface area contributed by atoms with E-state index in [0.717, 1.165) is 0 Å². The second kappa shape index (κ2) is 5.42. The topological polar surface area (TPSA) is 44.8 Å². The Labute approximate surface area is 124 Å². The van der Waals surface area contributed by atoms with Crippen LogP contribution in [0.5, 0.6) is 0 Å². The molecular formula is C15H20BFO4. The van der Waals surface area contributed by atoms with Gasteiger partial charge in [-0.3, -0.25) is 0 Å². The lowest BCUT2D eigenvalue weighted by atomic mass is 9.76. The smallest absolute Gasteiger partial charge is 0.462 e. The molecule has 1 aromatic rings. The summed E-state index contributed by atoms with van der Waals surface area (Å²) in [6.07, 6.45) is 0. The summed E-state index contributed by atoms with van der Waals surface area (Å²) in [5.41, 5.74) is -0.505. The Morgan fingerprint density at radius 2 is 1.81 bits per heavy atom. The summed E-state index contributed by atoms with van der Waals surface area (Å²) in [4.78, 5) is 12.0. The number of hydrogen-bond donors (Lipinski definition) is 0. The maximum atomic E-state index is 13.6. The number of benzene rings is 1. The van der Waals surface area contributed by atoms with Crippen molar-refractivity contribution in [3.8, 4) is 0 Å². The Kier molecular flexibility index (Phi) is 4.13. The maximum absolute atomic E-state index is 13.6. The van der Waals surface area contributed by atoms with E-state index in [0.29, 0.717) is 5.46 Å². The summed E-state index contributed by atoms with van der Waals surface area (Å²) < 4.78 is 30.3. The molecule has 0 radical (unpaired) electrons. The molecular weight excluding hydrogens is 274 g/mol. The minimum absolute atomic E-state index is 0.249. The normalized spacial score (nSPS) is 19.6. The van der Waals surface area contributed by atoms with Gasteiger partial charge in [-0.25, -0.2) is 9.18 Å². The first-order valence-electron chi connectivity index (χ1n) is 7.00. The van der Waals surface area contributed by atoms with E-state index in [9.17, 15) is 9.18 Å². The van der Waals surface area contributed by atoms with Crippen LogP contribution in [0.1, 0.15) is 45.0 Å². The second-order valence-corrected chi connectivity index (χ2v) is 6.04. The van der Waals surface area contributed by atoms with Gasteiger partial charge in [0, 0.05) is 0 Å². The van der Waals surface area contributed by atoms with E-state index in [1.165, 1.54) is 18.2 Å². The standard InChI is InChI=1S/C15H20BFO4/c1-6-19-13(18)11-8-7-10(17)9-12(11)16-20-14(2,3)15(4,5)21-16/h7-9H,6H2,1-5H3. The molecule has 6 heteroatoms. The van der Waals surface area contributed by atoms with Crippen molar-refractivity contribution in [2.24, 2.45) is 0 Å². The number of carbonyl (C=O) groups is 1. The third-order valence-electron chi connectivity index (χ3n) is 4.02. The quantitative estimate of drug-likeness (QED) is 0.634. The maximum Gasteiger partial charge on any atom is 0.495 e. The van der Waals surface area contributed by atoms with Crippen molar-refractivity contribution in [1.82, 2.24) is 0 Å². The molecule has 1 heterocycles. The molecule has 1 saturated heterocycles. The van der Waals surface area contributed by atoms with Crippen LogP contribution in [-0.2, 0) is 14.0 Å². The van der Waals surface area contributed by atoms with E-state index in [1.54, 1.807) is 6.92 Å². The van der Waals surface area contributed by atoms with Crippen molar-refractivity contribution in [3.05, 3.63) is 29.6 Å². The van der Waals surface area contributed by atoms with Gasteiger partial charge in [-0.1, -0.05) is 0 Å². The van der Waals surface area contributed by atoms with E-state index in [1.807, 2.05) is 27.7 Å². The first kappa shape index (κ1) is 16.0. The lowest BCUT2D eigenvalue weighted by molar-refractivity contribution is 0.00578. The third kappa shape index (κ3) is 2.96. The SMILES string of the molecule is CCOC(=O)c1ccc(F)cc1B1OC(C)(C)C(C)(C)O1. The predicted octanol–water partition coefficient (Wildman–Crippen LogP) is 2.30. The number of hydrogen-bond acceptors (Lipinski definition) is 4. The fourth-order valence-electron chi connectivity index (χ4n) is 2.09. The summed E-state index contributed by atoms with van der Waals surface area (Å²) >= 11 is 0. The molecule has 4 nitrogen and oxygen atoms in total. The predicted molar refractivity (Wildman–Crippen MR) is 78.1 cm³/mol. The van der Waals surface area contributed by atoms with Crippen molar-refractivity contribution in [2.75, 3.05) is 6.61 Å².